The molecule has 0 saturated carbocycles. The summed E-state index contributed by atoms with van der Waals surface area (Å²) >= 11 is 5.93. The highest BCUT2D eigenvalue weighted by atomic mass is 35.5. The summed E-state index contributed by atoms with van der Waals surface area (Å²) in [4.78, 5) is 23.9. The lowest BCUT2D eigenvalue weighted by atomic mass is 10.2. The van der Waals surface area contributed by atoms with Gasteiger partial charge in [0.25, 0.3) is 5.91 Å². The van der Waals surface area contributed by atoms with Crippen LogP contribution in [-0.2, 0) is 0 Å². The number of nitrogens with two attached hydrogens (primary N) is 1. The first-order chi connectivity index (χ1) is 13.0. The number of anilines is 2. The highest BCUT2D eigenvalue weighted by Crippen LogP contribution is 2.27. The van der Waals surface area contributed by atoms with Gasteiger partial charge in [-0.3, -0.25) is 9.78 Å². The van der Waals surface area contributed by atoms with Crippen LogP contribution in [0.3, 0.4) is 0 Å². The van der Waals surface area contributed by atoms with E-state index in [-0.39, 0.29) is 17.0 Å². The Morgan fingerprint density at radius 3 is 2.67 bits per heavy atom. The summed E-state index contributed by atoms with van der Waals surface area (Å²) in [6, 6.07) is 5.75. The third kappa shape index (κ3) is 4.77. The summed E-state index contributed by atoms with van der Waals surface area (Å²) in [6.07, 6.45) is 4.43. The second kappa shape index (κ2) is 9.05. The normalized spacial score (nSPS) is 9.96. The molecule has 0 atom stereocenters. The van der Waals surface area contributed by atoms with E-state index in [0.29, 0.717) is 22.1 Å². The molecule has 0 unspecified atom stereocenters. The Hall–Kier alpha value is -3.06. The number of hydrogen-bond donors (Lipinski definition) is 2. The number of rotatable bonds is 4. The third-order valence-electron chi connectivity index (χ3n) is 3.48. The minimum Gasteiger partial charge on any atom is -0.365 e. The maximum atomic E-state index is 14.1. The van der Waals surface area contributed by atoms with E-state index in [1.165, 1.54) is 30.6 Å². The summed E-state index contributed by atoms with van der Waals surface area (Å²) in [5.74, 6) is -0.523. The zero-order valence-electron chi connectivity index (χ0n) is 15.1. The molecule has 1 aromatic carbocycles. The maximum Gasteiger partial charge on any atom is 0.252 e. The Bertz CT molecular complexity index is 965. The fourth-order valence-electron chi connectivity index (χ4n) is 2.19. The molecule has 0 saturated heterocycles. The first-order valence-corrected chi connectivity index (χ1v) is 8.63. The Labute approximate surface area is 161 Å². The maximum absolute atomic E-state index is 14.1. The zero-order chi connectivity index (χ0) is 20.0. The minimum absolute atomic E-state index is 0.169. The second-order valence-corrected chi connectivity index (χ2v) is 5.70. The average Bonchev–Trinajstić information content (AvgIpc) is 2.67. The second-order valence-electron chi connectivity index (χ2n) is 5.26. The summed E-state index contributed by atoms with van der Waals surface area (Å²) < 4.78 is 14.1. The molecule has 2 heterocycles. The monoisotopic (exact) mass is 387 g/mol. The van der Waals surface area contributed by atoms with Crippen molar-refractivity contribution in [2.75, 3.05) is 5.32 Å². The van der Waals surface area contributed by atoms with Gasteiger partial charge in [0.1, 0.15) is 11.6 Å². The van der Waals surface area contributed by atoms with Crippen molar-refractivity contribution in [2.24, 2.45) is 5.73 Å². The summed E-state index contributed by atoms with van der Waals surface area (Å²) in [5.41, 5.74) is 6.90. The number of primary amides is 1. The van der Waals surface area contributed by atoms with Crippen LogP contribution in [0.25, 0.3) is 11.4 Å². The zero-order valence-corrected chi connectivity index (χ0v) is 15.9. The van der Waals surface area contributed by atoms with Gasteiger partial charge in [0.2, 0.25) is 0 Å². The molecule has 2 aromatic heterocycles. The van der Waals surface area contributed by atoms with E-state index in [4.69, 9.17) is 17.3 Å². The topological polar surface area (TPSA) is 93.8 Å². The van der Waals surface area contributed by atoms with Crippen LogP contribution in [0.15, 0.2) is 42.9 Å². The van der Waals surface area contributed by atoms with Crippen LogP contribution in [0.5, 0.6) is 0 Å². The number of hydrogen-bond acceptors (Lipinski definition) is 5. The summed E-state index contributed by atoms with van der Waals surface area (Å²) in [7, 11) is 0. The minimum atomic E-state index is -0.622. The van der Waals surface area contributed by atoms with Gasteiger partial charge in [0.15, 0.2) is 5.82 Å². The molecule has 140 valence electrons. The van der Waals surface area contributed by atoms with Gasteiger partial charge >= 0.3 is 0 Å². The Morgan fingerprint density at radius 2 is 1.96 bits per heavy atom. The molecule has 0 aliphatic heterocycles. The van der Waals surface area contributed by atoms with Crippen LogP contribution >= 0.6 is 11.6 Å². The van der Waals surface area contributed by atoms with Gasteiger partial charge in [-0.05, 0) is 31.2 Å². The molecular weight excluding hydrogens is 369 g/mol. The molecule has 3 rings (SSSR count). The molecule has 0 spiro atoms. The van der Waals surface area contributed by atoms with Crippen molar-refractivity contribution >= 4 is 29.0 Å². The quantitative estimate of drug-likeness (QED) is 0.687. The molecule has 3 N–H and O–H groups in total. The van der Waals surface area contributed by atoms with E-state index >= 15 is 0 Å². The smallest absolute Gasteiger partial charge is 0.252 e. The van der Waals surface area contributed by atoms with Crippen LogP contribution in [0.2, 0.25) is 5.02 Å². The van der Waals surface area contributed by atoms with Crippen LogP contribution in [-0.4, -0.2) is 20.9 Å². The predicted octanol–water partition coefficient (Wildman–Crippen LogP) is 4.51. The van der Waals surface area contributed by atoms with Gasteiger partial charge in [-0.25, -0.2) is 14.4 Å². The molecule has 1 amide bonds. The van der Waals surface area contributed by atoms with Gasteiger partial charge in [-0.2, -0.15) is 0 Å². The van der Waals surface area contributed by atoms with Gasteiger partial charge in [-0.15, -0.1) is 0 Å². The highest BCUT2D eigenvalue weighted by Gasteiger charge is 2.14. The Balaban J connectivity index is 0.00000126. The first-order valence-electron chi connectivity index (χ1n) is 8.25. The molecule has 0 aliphatic rings. The average molecular weight is 388 g/mol. The lowest BCUT2D eigenvalue weighted by molar-refractivity contribution is 0.100. The van der Waals surface area contributed by atoms with Crippen molar-refractivity contribution in [1.82, 2.24) is 15.0 Å². The van der Waals surface area contributed by atoms with Crippen LogP contribution in [0.4, 0.5) is 15.9 Å². The van der Waals surface area contributed by atoms with E-state index in [9.17, 15) is 9.18 Å². The summed E-state index contributed by atoms with van der Waals surface area (Å²) in [6.45, 7) is 5.78. The molecule has 6 nitrogen and oxygen atoms in total. The number of halogens is 2. The van der Waals surface area contributed by atoms with Crippen molar-refractivity contribution in [3.05, 3.63) is 64.8 Å². The number of benzene rings is 1. The largest absolute Gasteiger partial charge is 0.365 e. The highest BCUT2D eigenvalue weighted by molar-refractivity contribution is 6.30. The van der Waals surface area contributed by atoms with E-state index in [1.807, 2.05) is 13.8 Å². The molecule has 8 heteroatoms. The van der Waals surface area contributed by atoms with Crippen molar-refractivity contribution in [2.45, 2.75) is 20.8 Å². The Morgan fingerprint density at radius 1 is 1.22 bits per heavy atom. The predicted molar refractivity (Wildman–Crippen MR) is 105 cm³/mol. The standard InChI is InChI=1S/C17H13ClFN5O.C2H6/c1-9-7-22-17(11-6-10(18)2-3-13(11)19)24-16(9)23-14-4-5-21-8-12(14)15(20)25;1-2/h2-8H,1H3,(H2,20,25)(H,21,22,23,24);1-2H3. The lowest BCUT2D eigenvalue weighted by Gasteiger charge is -2.12. The van der Waals surface area contributed by atoms with Crippen molar-refractivity contribution in [1.29, 1.82) is 0 Å². The van der Waals surface area contributed by atoms with Crippen molar-refractivity contribution in [3.63, 3.8) is 0 Å². The Kier molecular flexibility index (Phi) is 6.79. The number of nitrogens with zero attached hydrogens (tertiary/aromatic N) is 3. The molecule has 0 radical (unpaired) electrons. The first kappa shape index (κ1) is 20.3. The number of aryl methyl sites for hydroxylation is 1. The van der Waals surface area contributed by atoms with Crippen LogP contribution in [0.1, 0.15) is 29.8 Å². The number of amides is 1. The SMILES string of the molecule is CC.Cc1cnc(-c2cc(Cl)ccc2F)nc1Nc1ccncc1C(N)=O. The lowest BCUT2D eigenvalue weighted by Crippen LogP contribution is -2.14. The number of pyridine rings is 1. The van der Waals surface area contributed by atoms with Crippen LogP contribution in [0, 0.1) is 12.7 Å². The molecule has 0 bridgehead atoms. The van der Waals surface area contributed by atoms with E-state index < -0.39 is 11.7 Å². The number of nitrogens with one attached hydrogen (secondary N) is 1. The number of carbonyl (C=O) groups is 1. The van der Waals surface area contributed by atoms with Gasteiger partial charge in [0, 0.05) is 29.2 Å². The van der Waals surface area contributed by atoms with Gasteiger partial charge in [0.05, 0.1) is 16.8 Å². The summed E-state index contributed by atoms with van der Waals surface area (Å²) in [5, 5.41) is 3.39. The van der Waals surface area contributed by atoms with Crippen LogP contribution < -0.4 is 11.1 Å². The van der Waals surface area contributed by atoms with Gasteiger partial charge in [-0.1, -0.05) is 25.4 Å². The van der Waals surface area contributed by atoms with E-state index in [2.05, 4.69) is 20.3 Å². The molecule has 3 aromatic rings. The van der Waals surface area contributed by atoms with Crippen molar-refractivity contribution in [3.8, 4) is 11.4 Å². The molecule has 0 fully saturated rings. The van der Waals surface area contributed by atoms with E-state index in [1.54, 1.807) is 19.2 Å². The fraction of sp³-hybridized carbons (Fsp3) is 0.158. The van der Waals surface area contributed by atoms with E-state index in [0.717, 1.165) is 0 Å². The third-order valence-corrected chi connectivity index (χ3v) is 3.72. The number of aromatic nitrogens is 3. The van der Waals surface area contributed by atoms with Gasteiger partial charge < -0.3 is 11.1 Å². The molecule has 0 aliphatic carbocycles. The molecule has 27 heavy (non-hydrogen) atoms. The van der Waals surface area contributed by atoms with Crippen molar-refractivity contribution < 1.29 is 9.18 Å². The molecular formula is C19H19ClFN5O. The number of carbonyl (C=O) groups excluding carboxylic acids is 1. The fourth-order valence-corrected chi connectivity index (χ4v) is 2.37.